The topological polar surface area (TPSA) is 61.6 Å². The van der Waals surface area contributed by atoms with Gasteiger partial charge in [0.05, 0.1) is 13.0 Å². The number of fused-ring (bicyclic) bond motifs is 2. The quantitative estimate of drug-likeness (QED) is 0.476. The predicted octanol–water partition coefficient (Wildman–Crippen LogP) is 4.84. The van der Waals surface area contributed by atoms with Crippen molar-refractivity contribution in [3.8, 4) is 5.75 Å². The lowest BCUT2D eigenvalue weighted by Gasteiger charge is -2.12. The van der Waals surface area contributed by atoms with Crippen molar-refractivity contribution in [2.24, 2.45) is 0 Å². The number of hydrogen-bond donors (Lipinski definition) is 0. The van der Waals surface area contributed by atoms with Crippen LogP contribution in [0.25, 0.3) is 21.9 Å². The van der Waals surface area contributed by atoms with Crippen LogP contribution in [0.2, 0.25) is 0 Å². The number of rotatable bonds is 5. The zero-order valence-corrected chi connectivity index (χ0v) is 15.1. The molecular weight excluding hydrogens is 342 g/mol. The van der Waals surface area contributed by atoms with Gasteiger partial charge >= 0.3 is 5.97 Å². The van der Waals surface area contributed by atoms with Crippen molar-refractivity contribution < 1.29 is 18.7 Å². The van der Waals surface area contributed by atoms with E-state index in [0.717, 1.165) is 27.6 Å². The average molecular weight is 361 g/mol. The first-order valence-corrected chi connectivity index (χ1v) is 8.73. The number of methoxy groups -OCH3 is 1. The molecule has 1 heterocycles. The highest BCUT2D eigenvalue weighted by Crippen LogP contribution is 2.26. The maximum absolute atomic E-state index is 12.5. The van der Waals surface area contributed by atoms with E-state index in [2.05, 4.69) is 4.98 Å². The molecule has 0 bridgehead atoms. The lowest BCUT2D eigenvalue weighted by Crippen LogP contribution is -2.13. The molecule has 0 spiro atoms. The molecule has 4 rings (SSSR count). The number of nitrogens with zero attached hydrogens (tertiary/aromatic N) is 1. The molecule has 3 aromatic carbocycles. The molecule has 136 valence electrons. The van der Waals surface area contributed by atoms with E-state index in [0.29, 0.717) is 11.5 Å². The van der Waals surface area contributed by atoms with Gasteiger partial charge in [0.2, 0.25) is 5.89 Å². The second kappa shape index (κ2) is 7.11. The van der Waals surface area contributed by atoms with E-state index in [1.807, 2.05) is 67.6 Å². The van der Waals surface area contributed by atoms with Crippen LogP contribution in [0.1, 0.15) is 24.3 Å². The van der Waals surface area contributed by atoms with Crippen LogP contribution in [0, 0.1) is 0 Å². The number of ether oxygens (including phenoxy) is 2. The van der Waals surface area contributed by atoms with Gasteiger partial charge in [0, 0.05) is 0 Å². The van der Waals surface area contributed by atoms with E-state index >= 15 is 0 Å². The molecule has 5 heteroatoms. The van der Waals surface area contributed by atoms with Gasteiger partial charge in [-0.2, -0.15) is 0 Å². The molecule has 0 aliphatic rings. The van der Waals surface area contributed by atoms with Crippen molar-refractivity contribution in [2.45, 2.75) is 19.4 Å². The number of carbonyl (C=O) groups is 1. The number of para-hydroxylation sites is 2. The fraction of sp³-hybridized carbons (Fsp3) is 0.182. The van der Waals surface area contributed by atoms with E-state index in [4.69, 9.17) is 13.9 Å². The minimum atomic E-state index is -0.388. The van der Waals surface area contributed by atoms with Crippen molar-refractivity contribution >= 4 is 27.8 Å². The molecule has 0 saturated carbocycles. The van der Waals surface area contributed by atoms with Gasteiger partial charge in [0.25, 0.3) is 0 Å². The lowest BCUT2D eigenvalue weighted by molar-refractivity contribution is -0.147. The van der Waals surface area contributed by atoms with E-state index in [1.54, 1.807) is 7.11 Å². The minimum Gasteiger partial charge on any atom is -0.497 e. The molecule has 0 unspecified atom stereocenters. The Morgan fingerprint density at radius 2 is 1.85 bits per heavy atom. The molecule has 0 aliphatic heterocycles. The van der Waals surface area contributed by atoms with Crippen LogP contribution in [0.3, 0.4) is 0 Å². The molecule has 0 fully saturated rings. The van der Waals surface area contributed by atoms with Crippen LogP contribution in [0.4, 0.5) is 0 Å². The molecule has 0 radical (unpaired) electrons. The zero-order chi connectivity index (χ0) is 18.8. The Morgan fingerprint density at radius 1 is 1.07 bits per heavy atom. The normalized spacial score (nSPS) is 12.2. The molecule has 4 aromatic rings. The van der Waals surface area contributed by atoms with Crippen LogP contribution in [-0.2, 0) is 16.1 Å². The summed E-state index contributed by atoms with van der Waals surface area (Å²) in [7, 11) is 1.64. The number of aromatic nitrogens is 1. The highest BCUT2D eigenvalue weighted by atomic mass is 16.5. The predicted molar refractivity (Wildman–Crippen MR) is 103 cm³/mol. The van der Waals surface area contributed by atoms with Crippen molar-refractivity contribution in [3.05, 3.63) is 72.1 Å². The lowest BCUT2D eigenvalue weighted by atomic mass is 9.98. The summed E-state index contributed by atoms with van der Waals surface area (Å²) < 4.78 is 16.2. The molecule has 0 aliphatic carbocycles. The third kappa shape index (κ3) is 3.49. The summed E-state index contributed by atoms with van der Waals surface area (Å²) in [5, 5.41) is 2.11. The molecule has 27 heavy (non-hydrogen) atoms. The monoisotopic (exact) mass is 361 g/mol. The summed E-state index contributed by atoms with van der Waals surface area (Å²) in [5.41, 5.74) is 2.33. The van der Waals surface area contributed by atoms with Gasteiger partial charge < -0.3 is 13.9 Å². The van der Waals surface area contributed by atoms with E-state index < -0.39 is 0 Å². The first-order chi connectivity index (χ1) is 13.1. The van der Waals surface area contributed by atoms with E-state index in [1.165, 1.54) is 0 Å². The fourth-order valence-electron chi connectivity index (χ4n) is 3.01. The van der Waals surface area contributed by atoms with Crippen LogP contribution < -0.4 is 4.74 Å². The molecule has 0 N–H and O–H groups in total. The Labute approximate surface area is 156 Å². The standard InChI is InChI=1S/C22H19NO4/c1-14(15-7-8-17-12-18(25-2)10-9-16(17)11-15)22(24)26-13-21-23-19-5-3-4-6-20(19)27-21/h3-12,14H,13H2,1-2H3/t14-/m0/s1. The Balaban J connectivity index is 1.47. The Bertz CT molecular complexity index is 1080. The summed E-state index contributed by atoms with van der Waals surface area (Å²) in [6.07, 6.45) is 0. The SMILES string of the molecule is COc1ccc2cc([C@H](C)C(=O)OCc3nc4ccccc4o3)ccc2c1. The van der Waals surface area contributed by atoms with Crippen LogP contribution >= 0.6 is 0 Å². The van der Waals surface area contributed by atoms with Gasteiger partial charge in [-0.15, -0.1) is 0 Å². The van der Waals surface area contributed by atoms with Gasteiger partial charge in [0.15, 0.2) is 12.2 Å². The molecular formula is C22H19NO4. The Kier molecular flexibility index (Phi) is 4.50. The maximum atomic E-state index is 12.5. The number of carbonyl (C=O) groups excluding carboxylic acids is 1. The van der Waals surface area contributed by atoms with Gasteiger partial charge in [-0.25, -0.2) is 4.98 Å². The molecule has 0 saturated heterocycles. The molecule has 1 atom stereocenters. The Morgan fingerprint density at radius 3 is 2.67 bits per heavy atom. The third-order valence-corrected chi connectivity index (χ3v) is 4.60. The summed E-state index contributed by atoms with van der Waals surface area (Å²) in [6.45, 7) is 1.85. The van der Waals surface area contributed by atoms with Crippen LogP contribution in [0.5, 0.6) is 5.75 Å². The van der Waals surface area contributed by atoms with Crippen LogP contribution in [0.15, 0.2) is 65.1 Å². The summed E-state index contributed by atoms with van der Waals surface area (Å²) >= 11 is 0. The highest BCUT2D eigenvalue weighted by Gasteiger charge is 2.18. The number of oxazole rings is 1. The molecule has 0 amide bonds. The van der Waals surface area contributed by atoms with Crippen molar-refractivity contribution in [1.82, 2.24) is 4.98 Å². The van der Waals surface area contributed by atoms with Crippen molar-refractivity contribution in [3.63, 3.8) is 0 Å². The second-order valence-electron chi connectivity index (χ2n) is 6.38. The van der Waals surface area contributed by atoms with Gasteiger partial charge in [-0.05, 0) is 47.5 Å². The maximum Gasteiger partial charge on any atom is 0.313 e. The summed E-state index contributed by atoms with van der Waals surface area (Å²) in [6, 6.07) is 19.2. The third-order valence-electron chi connectivity index (χ3n) is 4.60. The summed E-state index contributed by atoms with van der Waals surface area (Å²) in [5.74, 6) is 0.495. The average Bonchev–Trinajstić information content (AvgIpc) is 3.13. The largest absolute Gasteiger partial charge is 0.497 e. The van der Waals surface area contributed by atoms with Crippen LogP contribution in [-0.4, -0.2) is 18.1 Å². The number of benzene rings is 3. The highest BCUT2D eigenvalue weighted by molar-refractivity contribution is 5.86. The molecule has 1 aromatic heterocycles. The number of hydrogen-bond acceptors (Lipinski definition) is 5. The fourth-order valence-corrected chi connectivity index (χ4v) is 3.01. The van der Waals surface area contributed by atoms with E-state index in [9.17, 15) is 4.79 Å². The van der Waals surface area contributed by atoms with Gasteiger partial charge in [-0.1, -0.05) is 36.4 Å². The Hall–Kier alpha value is -3.34. The second-order valence-corrected chi connectivity index (χ2v) is 6.38. The van der Waals surface area contributed by atoms with Crippen molar-refractivity contribution in [1.29, 1.82) is 0 Å². The molecule has 5 nitrogen and oxygen atoms in total. The van der Waals surface area contributed by atoms with Gasteiger partial charge in [0.1, 0.15) is 11.3 Å². The first kappa shape index (κ1) is 17.1. The minimum absolute atomic E-state index is 0.0165. The zero-order valence-electron chi connectivity index (χ0n) is 15.1. The van der Waals surface area contributed by atoms with E-state index in [-0.39, 0.29) is 18.5 Å². The summed E-state index contributed by atoms with van der Waals surface area (Å²) in [4.78, 5) is 16.8. The van der Waals surface area contributed by atoms with Crippen molar-refractivity contribution in [2.75, 3.05) is 7.11 Å². The number of esters is 1. The first-order valence-electron chi connectivity index (χ1n) is 8.73. The van der Waals surface area contributed by atoms with Gasteiger partial charge in [-0.3, -0.25) is 4.79 Å². The smallest absolute Gasteiger partial charge is 0.313 e.